The van der Waals surface area contributed by atoms with E-state index in [0.717, 1.165) is 24.8 Å². The topological polar surface area (TPSA) is 93.7 Å². The van der Waals surface area contributed by atoms with Gasteiger partial charge in [-0.3, -0.25) is 4.79 Å². The number of unbranched alkanes of at least 4 members (excludes halogenated alkanes) is 9. The first-order valence-corrected chi connectivity index (χ1v) is 12.9. The SMILES string of the molecule is CCCCCCCCCCCC(=O)NCCCC[C@H](NC(=O)OCc1ccccc1)C(=O)OC. The average Bonchev–Trinajstić information content (AvgIpc) is 2.85. The maximum atomic E-state index is 12.1. The van der Waals surface area contributed by atoms with Crippen LogP contribution >= 0.6 is 0 Å². The van der Waals surface area contributed by atoms with Gasteiger partial charge in [0.2, 0.25) is 5.91 Å². The molecule has 7 heteroatoms. The van der Waals surface area contributed by atoms with Crippen molar-refractivity contribution in [2.24, 2.45) is 0 Å². The fraction of sp³-hybridized carbons (Fsp3) is 0.667. The molecule has 1 aromatic carbocycles. The molecule has 0 saturated heterocycles. The number of carbonyl (C=O) groups excluding carboxylic acids is 3. The van der Waals surface area contributed by atoms with Gasteiger partial charge in [-0.05, 0) is 31.2 Å². The number of hydrogen-bond donors (Lipinski definition) is 2. The summed E-state index contributed by atoms with van der Waals surface area (Å²) in [5.41, 5.74) is 0.866. The van der Waals surface area contributed by atoms with E-state index in [0.29, 0.717) is 25.8 Å². The second kappa shape index (κ2) is 19.9. The molecule has 1 atom stereocenters. The van der Waals surface area contributed by atoms with Gasteiger partial charge in [-0.2, -0.15) is 0 Å². The Morgan fingerprint density at radius 2 is 1.50 bits per heavy atom. The Balaban J connectivity index is 2.11. The van der Waals surface area contributed by atoms with Crippen LogP contribution in [0.5, 0.6) is 0 Å². The van der Waals surface area contributed by atoms with E-state index in [2.05, 4.69) is 17.6 Å². The Hall–Kier alpha value is -2.57. The van der Waals surface area contributed by atoms with Gasteiger partial charge in [-0.1, -0.05) is 88.6 Å². The molecule has 0 saturated carbocycles. The van der Waals surface area contributed by atoms with Gasteiger partial charge in [0.1, 0.15) is 12.6 Å². The fourth-order valence-corrected chi connectivity index (χ4v) is 3.68. The van der Waals surface area contributed by atoms with Crippen molar-refractivity contribution in [3.8, 4) is 0 Å². The van der Waals surface area contributed by atoms with Crippen LogP contribution in [0.25, 0.3) is 0 Å². The van der Waals surface area contributed by atoms with Crippen LogP contribution in [0.1, 0.15) is 96.0 Å². The number of carbonyl (C=O) groups is 3. The van der Waals surface area contributed by atoms with E-state index in [1.54, 1.807) is 0 Å². The number of benzene rings is 1. The summed E-state index contributed by atoms with van der Waals surface area (Å²) >= 11 is 0. The van der Waals surface area contributed by atoms with Gasteiger partial charge < -0.3 is 20.1 Å². The molecular weight excluding hydrogens is 432 g/mol. The monoisotopic (exact) mass is 476 g/mol. The van der Waals surface area contributed by atoms with Gasteiger partial charge in [0.15, 0.2) is 0 Å². The number of rotatable bonds is 19. The highest BCUT2D eigenvalue weighted by molar-refractivity contribution is 5.81. The van der Waals surface area contributed by atoms with Crippen molar-refractivity contribution in [1.29, 1.82) is 0 Å². The molecule has 0 unspecified atom stereocenters. The summed E-state index contributed by atoms with van der Waals surface area (Å²) in [6.07, 6.45) is 12.8. The van der Waals surface area contributed by atoms with Gasteiger partial charge >= 0.3 is 12.1 Å². The van der Waals surface area contributed by atoms with E-state index in [-0.39, 0.29) is 12.5 Å². The number of alkyl carbamates (subject to hydrolysis) is 1. The van der Waals surface area contributed by atoms with Crippen LogP contribution in [0.4, 0.5) is 4.79 Å². The van der Waals surface area contributed by atoms with Crippen LogP contribution in [0.2, 0.25) is 0 Å². The molecule has 7 nitrogen and oxygen atoms in total. The minimum Gasteiger partial charge on any atom is -0.467 e. The number of ether oxygens (including phenoxy) is 2. The highest BCUT2D eigenvalue weighted by Crippen LogP contribution is 2.10. The maximum absolute atomic E-state index is 12.1. The second-order valence-corrected chi connectivity index (χ2v) is 8.71. The van der Waals surface area contributed by atoms with Crippen LogP contribution in [-0.4, -0.2) is 37.7 Å². The van der Waals surface area contributed by atoms with Gasteiger partial charge in [0.05, 0.1) is 7.11 Å². The third-order valence-electron chi connectivity index (χ3n) is 5.74. The minimum absolute atomic E-state index is 0.0788. The van der Waals surface area contributed by atoms with Gasteiger partial charge in [0, 0.05) is 13.0 Å². The van der Waals surface area contributed by atoms with Crippen molar-refractivity contribution < 1.29 is 23.9 Å². The predicted octanol–water partition coefficient (Wildman–Crippen LogP) is 5.66. The Kier molecular flexibility index (Phi) is 17.2. The highest BCUT2D eigenvalue weighted by atomic mass is 16.6. The Bertz CT molecular complexity index is 681. The van der Waals surface area contributed by atoms with Crippen molar-refractivity contribution in [2.45, 2.75) is 103 Å². The Morgan fingerprint density at radius 1 is 0.853 bits per heavy atom. The van der Waals surface area contributed by atoms with Crippen LogP contribution in [0.15, 0.2) is 30.3 Å². The maximum Gasteiger partial charge on any atom is 0.408 e. The minimum atomic E-state index is -0.772. The molecule has 34 heavy (non-hydrogen) atoms. The molecular formula is C27H44N2O5. The standard InChI is InChI=1S/C27H44N2O5/c1-3-4-5-6-7-8-9-10-14-20-25(30)28-21-16-15-19-24(26(31)33-2)29-27(32)34-22-23-17-12-11-13-18-23/h11-13,17-18,24H,3-10,14-16,19-22H2,1-2H3,(H,28,30)(H,29,32)/t24-/m0/s1. The lowest BCUT2D eigenvalue weighted by Gasteiger charge is -2.16. The molecule has 0 heterocycles. The lowest BCUT2D eigenvalue weighted by Crippen LogP contribution is -2.41. The van der Waals surface area contributed by atoms with E-state index < -0.39 is 18.1 Å². The molecule has 0 aromatic heterocycles. The number of nitrogens with one attached hydrogen (secondary N) is 2. The molecule has 0 spiro atoms. The number of hydrogen-bond acceptors (Lipinski definition) is 5. The summed E-state index contributed by atoms with van der Waals surface area (Å²) in [4.78, 5) is 36.0. The fourth-order valence-electron chi connectivity index (χ4n) is 3.68. The molecule has 0 bridgehead atoms. The van der Waals surface area contributed by atoms with Crippen molar-refractivity contribution in [1.82, 2.24) is 10.6 Å². The molecule has 1 rings (SSSR count). The molecule has 0 radical (unpaired) electrons. The van der Waals surface area contributed by atoms with E-state index in [1.165, 1.54) is 52.1 Å². The molecule has 0 aliphatic rings. The van der Waals surface area contributed by atoms with E-state index >= 15 is 0 Å². The number of amides is 2. The zero-order valence-corrected chi connectivity index (χ0v) is 21.1. The summed E-state index contributed by atoms with van der Waals surface area (Å²) in [7, 11) is 1.29. The number of methoxy groups -OCH3 is 1. The van der Waals surface area contributed by atoms with Crippen LogP contribution in [0, 0.1) is 0 Å². The van der Waals surface area contributed by atoms with Crippen LogP contribution < -0.4 is 10.6 Å². The van der Waals surface area contributed by atoms with E-state index in [4.69, 9.17) is 9.47 Å². The highest BCUT2D eigenvalue weighted by Gasteiger charge is 2.21. The molecule has 2 N–H and O–H groups in total. The first kappa shape index (κ1) is 29.5. The van der Waals surface area contributed by atoms with Crippen molar-refractivity contribution in [3.63, 3.8) is 0 Å². The molecule has 2 amide bonds. The smallest absolute Gasteiger partial charge is 0.408 e. The van der Waals surface area contributed by atoms with Crippen LogP contribution in [-0.2, 0) is 25.7 Å². The molecule has 192 valence electrons. The van der Waals surface area contributed by atoms with Crippen molar-refractivity contribution in [3.05, 3.63) is 35.9 Å². The molecule has 0 aliphatic heterocycles. The normalized spacial score (nSPS) is 11.5. The summed E-state index contributed by atoms with van der Waals surface area (Å²) in [5, 5.41) is 5.51. The van der Waals surface area contributed by atoms with Crippen LogP contribution in [0.3, 0.4) is 0 Å². The van der Waals surface area contributed by atoms with E-state index in [1.807, 2.05) is 30.3 Å². The van der Waals surface area contributed by atoms with Gasteiger partial charge in [-0.15, -0.1) is 0 Å². The first-order valence-electron chi connectivity index (χ1n) is 12.9. The number of esters is 1. The van der Waals surface area contributed by atoms with E-state index in [9.17, 15) is 14.4 Å². The molecule has 0 aliphatic carbocycles. The van der Waals surface area contributed by atoms with Gasteiger partial charge in [-0.25, -0.2) is 9.59 Å². The Labute approximate surface area is 205 Å². The zero-order valence-electron chi connectivity index (χ0n) is 21.1. The van der Waals surface area contributed by atoms with Gasteiger partial charge in [0.25, 0.3) is 0 Å². The lowest BCUT2D eigenvalue weighted by atomic mass is 10.1. The summed E-state index contributed by atoms with van der Waals surface area (Å²) in [5.74, 6) is -0.430. The zero-order chi connectivity index (χ0) is 24.9. The predicted molar refractivity (Wildman–Crippen MR) is 134 cm³/mol. The third kappa shape index (κ3) is 15.3. The Morgan fingerprint density at radius 3 is 2.15 bits per heavy atom. The first-order chi connectivity index (χ1) is 16.6. The molecule has 0 fully saturated rings. The quantitative estimate of drug-likeness (QED) is 0.198. The summed E-state index contributed by atoms with van der Waals surface area (Å²) in [6, 6.07) is 8.55. The lowest BCUT2D eigenvalue weighted by molar-refractivity contribution is -0.143. The van der Waals surface area contributed by atoms with Crippen molar-refractivity contribution in [2.75, 3.05) is 13.7 Å². The largest absolute Gasteiger partial charge is 0.467 e. The third-order valence-corrected chi connectivity index (χ3v) is 5.74. The van der Waals surface area contributed by atoms with Crippen molar-refractivity contribution >= 4 is 18.0 Å². The summed E-state index contributed by atoms with van der Waals surface area (Å²) in [6.45, 7) is 2.92. The summed E-state index contributed by atoms with van der Waals surface area (Å²) < 4.78 is 9.97. The average molecular weight is 477 g/mol. The molecule has 1 aromatic rings. The second-order valence-electron chi connectivity index (χ2n) is 8.71.